The fourth-order valence-electron chi connectivity index (χ4n) is 4.44. The summed E-state index contributed by atoms with van der Waals surface area (Å²) in [5.74, 6) is 2.87. The topological polar surface area (TPSA) is 55.8 Å². The largest absolute Gasteiger partial charge is 0.354 e. The van der Waals surface area contributed by atoms with Crippen molar-refractivity contribution in [3.8, 4) is 10.4 Å². The van der Waals surface area contributed by atoms with Crippen LogP contribution in [0, 0.1) is 6.92 Å². The van der Waals surface area contributed by atoms with E-state index in [1.165, 1.54) is 4.88 Å². The molecule has 0 saturated carbocycles. The minimum absolute atomic E-state index is 0.101. The molecule has 33 heavy (non-hydrogen) atoms. The van der Waals surface area contributed by atoms with Gasteiger partial charge in [0, 0.05) is 68.9 Å². The minimum atomic E-state index is 0.101. The van der Waals surface area contributed by atoms with E-state index in [0.717, 1.165) is 67.9 Å². The molecule has 7 nitrogen and oxygen atoms in total. The fraction of sp³-hybridized carbons (Fsp3) is 0.400. The van der Waals surface area contributed by atoms with Crippen LogP contribution >= 0.6 is 11.3 Å². The number of carbonyl (C=O) groups excluding carboxylic acids is 1. The van der Waals surface area contributed by atoms with Gasteiger partial charge < -0.3 is 19.6 Å². The number of aromatic nitrogens is 2. The third kappa shape index (κ3) is 4.86. The van der Waals surface area contributed by atoms with E-state index in [1.807, 2.05) is 42.2 Å². The summed E-state index contributed by atoms with van der Waals surface area (Å²) in [5.41, 5.74) is 1.90. The smallest absolute Gasteiger partial charge is 0.253 e. The van der Waals surface area contributed by atoms with Crippen LogP contribution in [0.15, 0.2) is 47.8 Å². The Labute approximate surface area is 199 Å². The van der Waals surface area contributed by atoms with Gasteiger partial charge in [-0.2, -0.15) is 0 Å². The number of aryl methyl sites for hydroxylation is 1. The third-order valence-corrected chi connectivity index (χ3v) is 7.39. The van der Waals surface area contributed by atoms with E-state index in [1.54, 1.807) is 11.3 Å². The maximum atomic E-state index is 13.1. The zero-order valence-electron chi connectivity index (χ0n) is 19.3. The number of hydrogen-bond acceptors (Lipinski definition) is 7. The molecule has 2 saturated heterocycles. The number of anilines is 2. The quantitative estimate of drug-likeness (QED) is 0.594. The van der Waals surface area contributed by atoms with Crippen molar-refractivity contribution in [3.05, 3.63) is 59.2 Å². The molecular weight excluding hydrogens is 432 g/mol. The number of amides is 1. The summed E-state index contributed by atoms with van der Waals surface area (Å²) in [5, 5.41) is 2.07. The molecule has 172 valence electrons. The fourth-order valence-corrected chi connectivity index (χ4v) is 5.17. The molecule has 0 aliphatic carbocycles. The zero-order chi connectivity index (χ0) is 22.8. The summed E-state index contributed by atoms with van der Waals surface area (Å²) in [4.78, 5) is 32.6. The first-order valence-corrected chi connectivity index (χ1v) is 12.4. The van der Waals surface area contributed by atoms with Gasteiger partial charge in [-0.05, 0) is 43.1 Å². The molecule has 0 radical (unpaired) electrons. The highest BCUT2D eigenvalue weighted by Crippen LogP contribution is 2.26. The second kappa shape index (κ2) is 9.49. The molecule has 5 rings (SSSR count). The number of benzene rings is 1. The Bertz CT molecular complexity index is 1080. The van der Waals surface area contributed by atoms with Gasteiger partial charge in [0.25, 0.3) is 5.91 Å². The molecular formula is C25H30N6OS. The molecule has 8 heteroatoms. The summed E-state index contributed by atoms with van der Waals surface area (Å²) < 4.78 is 0. The Morgan fingerprint density at radius 3 is 2.03 bits per heavy atom. The second-order valence-electron chi connectivity index (χ2n) is 8.76. The zero-order valence-corrected chi connectivity index (χ0v) is 20.1. The summed E-state index contributed by atoms with van der Waals surface area (Å²) in [6.45, 7) is 8.97. The molecule has 2 aliphatic rings. The molecule has 1 amide bonds. The molecule has 0 unspecified atom stereocenters. The van der Waals surface area contributed by atoms with Crippen LogP contribution in [0.5, 0.6) is 0 Å². The van der Waals surface area contributed by atoms with Crippen molar-refractivity contribution in [2.45, 2.75) is 6.92 Å². The van der Waals surface area contributed by atoms with Crippen molar-refractivity contribution < 1.29 is 4.79 Å². The molecule has 4 heterocycles. The summed E-state index contributed by atoms with van der Waals surface area (Å²) >= 11 is 1.71. The first-order chi connectivity index (χ1) is 16.1. The summed E-state index contributed by atoms with van der Waals surface area (Å²) in [6.07, 6.45) is 0. The Hall–Kier alpha value is -2.97. The number of rotatable bonds is 4. The maximum absolute atomic E-state index is 13.1. The minimum Gasteiger partial charge on any atom is -0.354 e. The Morgan fingerprint density at radius 1 is 0.848 bits per heavy atom. The van der Waals surface area contributed by atoms with E-state index in [2.05, 4.69) is 39.3 Å². The molecule has 2 aromatic heterocycles. The number of thiophene rings is 1. The average Bonchev–Trinajstić information content (AvgIpc) is 3.39. The normalized spacial score (nSPS) is 17.5. The Morgan fingerprint density at radius 2 is 1.45 bits per heavy atom. The van der Waals surface area contributed by atoms with Gasteiger partial charge in [0.2, 0.25) is 0 Å². The van der Waals surface area contributed by atoms with Crippen LogP contribution in [-0.4, -0.2) is 85.1 Å². The van der Waals surface area contributed by atoms with Gasteiger partial charge in [-0.25, -0.2) is 9.97 Å². The van der Waals surface area contributed by atoms with Gasteiger partial charge in [-0.1, -0.05) is 18.2 Å². The number of likely N-dealkylation sites (N-methyl/N-ethyl adjacent to an activating group) is 1. The van der Waals surface area contributed by atoms with Gasteiger partial charge in [0.15, 0.2) is 0 Å². The van der Waals surface area contributed by atoms with Crippen LogP contribution in [0.25, 0.3) is 10.4 Å². The number of carbonyl (C=O) groups is 1. The number of nitrogens with zero attached hydrogens (tertiary/aromatic N) is 6. The van der Waals surface area contributed by atoms with Crippen molar-refractivity contribution in [1.82, 2.24) is 19.8 Å². The highest BCUT2D eigenvalue weighted by atomic mass is 32.1. The first kappa shape index (κ1) is 21.9. The SMILES string of the molecule is Cc1nc(N2CCN(C)CC2)cc(N2CCN(C(=O)c3ccc(-c4cccs4)cc3)CC2)n1. The molecule has 0 spiro atoms. The van der Waals surface area contributed by atoms with E-state index in [4.69, 9.17) is 9.97 Å². The first-order valence-electron chi connectivity index (χ1n) is 11.5. The van der Waals surface area contributed by atoms with E-state index in [9.17, 15) is 4.79 Å². The van der Waals surface area contributed by atoms with Gasteiger partial charge in [-0.15, -0.1) is 11.3 Å². The van der Waals surface area contributed by atoms with Gasteiger partial charge in [-0.3, -0.25) is 4.79 Å². The standard InChI is InChI=1S/C25H30N6OS/c1-19-26-23(29-11-9-28(2)10-12-29)18-24(27-19)30-13-15-31(16-14-30)25(32)21-7-5-20(6-8-21)22-4-3-17-33-22/h3-8,17-18H,9-16H2,1-2H3. The molecule has 0 atom stereocenters. The molecule has 0 bridgehead atoms. The van der Waals surface area contributed by atoms with Crippen molar-refractivity contribution in [2.24, 2.45) is 0 Å². The van der Waals surface area contributed by atoms with Crippen LogP contribution in [0.1, 0.15) is 16.2 Å². The van der Waals surface area contributed by atoms with E-state index in [-0.39, 0.29) is 5.91 Å². The van der Waals surface area contributed by atoms with Gasteiger partial charge in [0.05, 0.1) is 0 Å². The van der Waals surface area contributed by atoms with Crippen LogP contribution in [0.2, 0.25) is 0 Å². The second-order valence-corrected chi connectivity index (χ2v) is 9.70. The molecule has 3 aromatic rings. The molecule has 1 aromatic carbocycles. The Kier molecular flexibility index (Phi) is 6.28. The summed E-state index contributed by atoms with van der Waals surface area (Å²) in [7, 11) is 2.16. The lowest BCUT2D eigenvalue weighted by Gasteiger charge is -2.37. The molecule has 2 aliphatic heterocycles. The van der Waals surface area contributed by atoms with Crippen molar-refractivity contribution >= 4 is 28.9 Å². The number of piperazine rings is 2. The van der Waals surface area contributed by atoms with E-state index < -0.39 is 0 Å². The lowest BCUT2D eigenvalue weighted by Crippen LogP contribution is -2.49. The molecule has 0 N–H and O–H groups in total. The van der Waals surface area contributed by atoms with E-state index in [0.29, 0.717) is 13.1 Å². The lowest BCUT2D eigenvalue weighted by atomic mass is 10.1. The number of hydrogen-bond donors (Lipinski definition) is 0. The predicted molar refractivity (Wildman–Crippen MR) is 134 cm³/mol. The lowest BCUT2D eigenvalue weighted by molar-refractivity contribution is 0.0746. The highest BCUT2D eigenvalue weighted by Gasteiger charge is 2.24. The molecule has 2 fully saturated rings. The predicted octanol–water partition coefficient (Wildman–Crippen LogP) is 3.23. The van der Waals surface area contributed by atoms with Crippen LogP contribution in [0.3, 0.4) is 0 Å². The van der Waals surface area contributed by atoms with Crippen LogP contribution in [-0.2, 0) is 0 Å². The van der Waals surface area contributed by atoms with E-state index >= 15 is 0 Å². The van der Waals surface area contributed by atoms with Crippen LogP contribution < -0.4 is 9.80 Å². The Balaban J connectivity index is 1.22. The van der Waals surface area contributed by atoms with Crippen molar-refractivity contribution in [2.75, 3.05) is 69.2 Å². The van der Waals surface area contributed by atoms with Crippen molar-refractivity contribution in [1.29, 1.82) is 0 Å². The van der Waals surface area contributed by atoms with Crippen LogP contribution in [0.4, 0.5) is 11.6 Å². The monoisotopic (exact) mass is 462 g/mol. The summed E-state index contributed by atoms with van der Waals surface area (Å²) in [6, 6.07) is 14.2. The van der Waals surface area contributed by atoms with Gasteiger partial charge in [0.1, 0.15) is 17.5 Å². The third-order valence-electron chi connectivity index (χ3n) is 6.47. The van der Waals surface area contributed by atoms with Crippen molar-refractivity contribution in [3.63, 3.8) is 0 Å². The average molecular weight is 463 g/mol. The maximum Gasteiger partial charge on any atom is 0.253 e. The highest BCUT2D eigenvalue weighted by molar-refractivity contribution is 7.13. The van der Waals surface area contributed by atoms with Gasteiger partial charge >= 0.3 is 0 Å².